The molecule has 10 heteroatoms. The number of fused-ring (bicyclic) bond motifs is 1. The van der Waals surface area contributed by atoms with Crippen LogP contribution in [0.3, 0.4) is 0 Å². The molecule has 0 unspecified atom stereocenters. The lowest BCUT2D eigenvalue weighted by Gasteiger charge is -2.13. The van der Waals surface area contributed by atoms with Crippen LogP contribution in [0.15, 0.2) is 48.7 Å². The highest BCUT2D eigenvalue weighted by Gasteiger charge is 2.33. The van der Waals surface area contributed by atoms with E-state index in [1.54, 1.807) is 6.07 Å². The van der Waals surface area contributed by atoms with E-state index in [4.69, 9.17) is 9.47 Å². The van der Waals surface area contributed by atoms with E-state index in [1.807, 2.05) is 12.1 Å². The first-order valence-corrected chi connectivity index (χ1v) is 8.24. The topological polar surface area (TPSA) is 81.2 Å². The summed E-state index contributed by atoms with van der Waals surface area (Å²) in [5.41, 5.74) is -0.0400. The van der Waals surface area contributed by atoms with Gasteiger partial charge in [-0.2, -0.15) is 23.3 Å². The molecule has 4 rings (SSSR count). The van der Waals surface area contributed by atoms with Crippen molar-refractivity contribution in [3.63, 3.8) is 0 Å². The van der Waals surface area contributed by atoms with Gasteiger partial charge in [0.15, 0.2) is 17.3 Å². The Bertz CT molecular complexity index is 997. The van der Waals surface area contributed by atoms with Crippen LogP contribution in [0.2, 0.25) is 0 Å². The third kappa shape index (κ3) is 3.90. The number of hydrogen-bond donors (Lipinski definition) is 2. The Balaban J connectivity index is 1.47. The van der Waals surface area contributed by atoms with Crippen LogP contribution >= 0.6 is 0 Å². The molecule has 2 N–H and O–H groups in total. The minimum Gasteiger partial charge on any atom is -0.454 e. The molecular formula is C18H14F3N5O2. The predicted molar refractivity (Wildman–Crippen MR) is 94.4 cm³/mol. The Hall–Kier alpha value is -3.56. The fraction of sp³-hybridized carbons (Fsp3) is 0.167. The van der Waals surface area contributed by atoms with E-state index >= 15 is 0 Å². The number of benzene rings is 2. The van der Waals surface area contributed by atoms with Crippen molar-refractivity contribution in [2.75, 3.05) is 17.4 Å². The van der Waals surface area contributed by atoms with E-state index in [9.17, 15) is 13.2 Å². The van der Waals surface area contributed by atoms with Gasteiger partial charge < -0.3 is 20.1 Å². The number of para-hydroxylation sites is 1. The molecule has 28 heavy (non-hydrogen) atoms. The van der Waals surface area contributed by atoms with Crippen LogP contribution in [0, 0.1) is 0 Å². The van der Waals surface area contributed by atoms with E-state index in [0.29, 0.717) is 23.9 Å². The SMILES string of the molecule is FC(F)(F)c1ccccc1Nc1nncc(NCc2ccc3c(c2)OCO3)n1. The average Bonchev–Trinajstić information content (AvgIpc) is 3.14. The van der Waals surface area contributed by atoms with E-state index in [1.165, 1.54) is 24.4 Å². The van der Waals surface area contributed by atoms with Crippen LogP contribution in [0.4, 0.5) is 30.6 Å². The van der Waals surface area contributed by atoms with Crippen molar-refractivity contribution in [1.82, 2.24) is 15.2 Å². The number of halogens is 3. The zero-order valence-corrected chi connectivity index (χ0v) is 14.3. The van der Waals surface area contributed by atoms with E-state index in [0.717, 1.165) is 11.6 Å². The van der Waals surface area contributed by atoms with Gasteiger partial charge in [-0.15, -0.1) is 5.10 Å². The zero-order chi connectivity index (χ0) is 19.6. The van der Waals surface area contributed by atoms with Crippen molar-refractivity contribution >= 4 is 17.5 Å². The fourth-order valence-corrected chi connectivity index (χ4v) is 2.64. The van der Waals surface area contributed by atoms with E-state index in [-0.39, 0.29) is 18.4 Å². The standard InChI is InChI=1S/C18H14F3N5O2/c19-18(20,21)12-3-1-2-4-13(12)24-17-25-16(9-23-26-17)22-8-11-5-6-14-15(7-11)28-10-27-14/h1-7,9H,8,10H2,(H2,22,24,25,26). The molecule has 0 spiro atoms. The Morgan fingerprint density at radius 1 is 1.04 bits per heavy atom. The van der Waals surface area contributed by atoms with Gasteiger partial charge in [-0.1, -0.05) is 18.2 Å². The molecule has 1 aromatic heterocycles. The van der Waals surface area contributed by atoms with Crippen molar-refractivity contribution < 1.29 is 22.6 Å². The van der Waals surface area contributed by atoms with Gasteiger partial charge in [-0.05, 0) is 29.8 Å². The second-order valence-corrected chi connectivity index (χ2v) is 5.87. The third-order valence-electron chi connectivity index (χ3n) is 3.95. The Morgan fingerprint density at radius 2 is 1.86 bits per heavy atom. The summed E-state index contributed by atoms with van der Waals surface area (Å²) in [6, 6.07) is 10.6. The number of hydrogen-bond acceptors (Lipinski definition) is 7. The minimum absolute atomic E-state index is 0.0487. The van der Waals surface area contributed by atoms with Crippen molar-refractivity contribution in [1.29, 1.82) is 0 Å². The second kappa shape index (κ2) is 7.22. The van der Waals surface area contributed by atoms with Crippen LogP contribution in [-0.2, 0) is 12.7 Å². The molecule has 0 fully saturated rings. The van der Waals surface area contributed by atoms with Gasteiger partial charge in [0.25, 0.3) is 0 Å². The molecule has 0 amide bonds. The molecular weight excluding hydrogens is 375 g/mol. The molecule has 0 bridgehead atoms. The molecule has 0 aliphatic carbocycles. The number of alkyl halides is 3. The Morgan fingerprint density at radius 3 is 2.71 bits per heavy atom. The van der Waals surface area contributed by atoms with Gasteiger partial charge in [0.1, 0.15) is 0 Å². The van der Waals surface area contributed by atoms with Crippen molar-refractivity contribution in [3.05, 3.63) is 59.8 Å². The maximum atomic E-state index is 13.1. The summed E-state index contributed by atoms with van der Waals surface area (Å²) in [7, 11) is 0. The normalized spacial score (nSPS) is 12.7. The smallest absolute Gasteiger partial charge is 0.418 e. The average molecular weight is 389 g/mol. The molecule has 3 aromatic rings. The highest BCUT2D eigenvalue weighted by molar-refractivity contribution is 5.60. The summed E-state index contributed by atoms with van der Waals surface area (Å²) in [5.74, 6) is 1.65. The van der Waals surface area contributed by atoms with Crippen LogP contribution in [0.5, 0.6) is 11.5 Å². The minimum atomic E-state index is -4.49. The first-order valence-electron chi connectivity index (χ1n) is 8.24. The summed E-state index contributed by atoms with van der Waals surface area (Å²) in [4.78, 5) is 4.16. The van der Waals surface area contributed by atoms with Crippen molar-refractivity contribution in [3.8, 4) is 11.5 Å². The van der Waals surface area contributed by atoms with Gasteiger partial charge >= 0.3 is 6.18 Å². The molecule has 0 saturated carbocycles. The lowest BCUT2D eigenvalue weighted by Crippen LogP contribution is -2.10. The molecule has 1 aliphatic heterocycles. The Labute approximate surface area is 157 Å². The van der Waals surface area contributed by atoms with Gasteiger partial charge in [0, 0.05) is 6.54 Å². The summed E-state index contributed by atoms with van der Waals surface area (Å²) in [5, 5.41) is 13.1. The number of anilines is 3. The molecule has 144 valence electrons. The number of nitrogens with zero attached hydrogens (tertiary/aromatic N) is 3. The lowest BCUT2D eigenvalue weighted by molar-refractivity contribution is -0.136. The van der Waals surface area contributed by atoms with Gasteiger partial charge in [0.05, 0.1) is 17.4 Å². The number of ether oxygens (including phenoxy) is 2. The summed E-state index contributed by atoms with van der Waals surface area (Å²) < 4.78 is 49.9. The first-order chi connectivity index (χ1) is 13.5. The maximum Gasteiger partial charge on any atom is 0.418 e. The molecule has 2 heterocycles. The number of rotatable bonds is 5. The van der Waals surface area contributed by atoms with Gasteiger partial charge in [-0.3, -0.25) is 0 Å². The molecule has 0 saturated heterocycles. The molecule has 2 aromatic carbocycles. The third-order valence-corrected chi connectivity index (χ3v) is 3.95. The predicted octanol–water partition coefficient (Wildman–Crippen LogP) is 3.97. The van der Waals surface area contributed by atoms with Crippen LogP contribution in [0.25, 0.3) is 0 Å². The molecule has 1 aliphatic rings. The van der Waals surface area contributed by atoms with Crippen LogP contribution < -0.4 is 20.1 Å². The van der Waals surface area contributed by atoms with E-state index < -0.39 is 11.7 Å². The largest absolute Gasteiger partial charge is 0.454 e. The maximum absolute atomic E-state index is 13.1. The number of aromatic nitrogens is 3. The Kier molecular flexibility index (Phi) is 4.60. The quantitative estimate of drug-likeness (QED) is 0.683. The first kappa shape index (κ1) is 17.8. The van der Waals surface area contributed by atoms with Gasteiger partial charge in [-0.25, -0.2) is 0 Å². The van der Waals surface area contributed by atoms with Crippen LogP contribution in [-0.4, -0.2) is 22.0 Å². The van der Waals surface area contributed by atoms with Crippen molar-refractivity contribution in [2.45, 2.75) is 12.7 Å². The second-order valence-electron chi connectivity index (χ2n) is 5.87. The molecule has 7 nitrogen and oxygen atoms in total. The summed E-state index contributed by atoms with van der Waals surface area (Å²) in [6.07, 6.45) is -3.11. The lowest BCUT2D eigenvalue weighted by atomic mass is 10.1. The number of nitrogens with one attached hydrogen (secondary N) is 2. The highest BCUT2D eigenvalue weighted by atomic mass is 19.4. The molecule has 0 atom stereocenters. The monoisotopic (exact) mass is 389 g/mol. The van der Waals surface area contributed by atoms with Gasteiger partial charge in [0.2, 0.25) is 12.7 Å². The van der Waals surface area contributed by atoms with Crippen molar-refractivity contribution in [2.24, 2.45) is 0 Å². The fourth-order valence-electron chi connectivity index (χ4n) is 2.64. The summed E-state index contributed by atoms with van der Waals surface area (Å²) in [6.45, 7) is 0.602. The highest BCUT2D eigenvalue weighted by Crippen LogP contribution is 2.35. The zero-order valence-electron chi connectivity index (χ0n) is 14.3. The molecule has 0 radical (unpaired) electrons. The van der Waals surface area contributed by atoms with Crippen LogP contribution in [0.1, 0.15) is 11.1 Å². The summed E-state index contributed by atoms with van der Waals surface area (Å²) >= 11 is 0. The van der Waals surface area contributed by atoms with E-state index in [2.05, 4.69) is 25.8 Å².